The Morgan fingerprint density at radius 3 is 2.68 bits per heavy atom. The molecule has 0 aliphatic heterocycles. The minimum absolute atomic E-state index is 0.110. The number of urea groups is 1. The summed E-state index contributed by atoms with van der Waals surface area (Å²) in [5, 5.41) is 15.1. The van der Waals surface area contributed by atoms with Crippen molar-refractivity contribution in [1.82, 2.24) is 20.4 Å². The monoisotopic (exact) mass is 403 g/mol. The van der Waals surface area contributed by atoms with Crippen LogP contribution in [0.15, 0.2) is 24.3 Å². The van der Waals surface area contributed by atoms with E-state index in [1.807, 2.05) is 38.1 Å². The van der Waals surface area contributed by atoms with E-state index in [4.69, 9.17) is 0 Å². The maximum absolute atomic E-state index is 12.3. The van der Waals surface area contributed by atoms with Gasteiger partial charge in [0.15, 0.2) is 0 Å². The lowest BCUT2D eigenvalue weighted by Crippen LogP contribution is -2.42. The maximum atomic E-state index is 12.3. The van der Waals surface area contributed by atoms with Crippen molar-refractivity contribution in [1.29, 1.82) is 0 Å². The molecule has 0 saturated heterocycles. The number of hydrogen-bond acceptors (Lipinski definition) is 5. The van der Waals surface area contributed by atoms with Gasteiger partial charge in [-0.1, -0.05) is 55.4 Å². The number of benzene rings is 1. The number of aromatic nitrogens is 2. The molecular formula is C20H29N5O2S. The van der Waals surface area contributed by atoms with Gasteiger partial charge < -0.3 is 15.5 Å². The molecule has 7 nitrogen and oxygen atoms in total. The van der Waals surface area contributed by atoms with Gasteiger partial charge >= 0.3 is 6.03 Å². The van der Waals surface area contributed by atoms with Gasteiger partial charge in [0.05, 0.1) is 0 Å². The number of unbranched alkanes of at least 4 members (excludes halogenated alkanes) is 1. The Labute approximate surface area is 170 Å². The summed E-state index contributed by atoms with van der Waals surface area (Å²) < 4.78 is 0. The molecular weight excluding hydrogens is 374 g/mol. The molecule has 8 heteroatoms. The summed E-state index contributed by atoms with van der Waals surface area (Å²) in [6.07, 6.45) is 3.05. The van der Waals surface area contributed by atoms with Crippen LogP contribution in [0.5, 0.6) is 0 Å². The number of hydrogen-bond donors (Lipinski definition) is 2. The number of amides is 3. The highest BCUT2D eigenvalue weighted by atomic mass is 32.1. The van der Waals surface area contributed by atoms with E-state index in [9.17, 15) is 9.59 Å². The van der Waals surface area contributed by atoms with Crippen molar-refractivity contribution in [2.75, 3.05) is 25.0 Å². The molecule has 0 saturated carbocycles. The zero-order chi connectivity index (χ0) is 20.4. The van der Waals surface area contributed by atoms with E-state index < -0.39 is 0 Å². The minimum Gasteiger partial charge on any atom is -0.338 e. The molecule has 0 radical (unpaired) electrons. The van der Waals surface area contributed by atoms with Crippen LogP contribution in [0.2, 0.25) is 0 Å². The number of carbonyl (C=O) groups excluding carboxylic acids is 2. The Hall–Kier alpha value is -2.48. The average molecular weight is 404 g/mol. The van der Waals surface area contributed by atoms with Gasteiger partial charge in [-0.15, -0.1) is 10.2 Å². The highest BCUT2D eigenvalue weighted by Gasteiger charge is 2.15. The summed E-state index contributed by atoms with van der Waals surface area (Å²) >= 11 is 1.34. The van der Waals surface area contributed by atoms with Gasteiger partial charge in [-0.3, -0.25) is 4.79 Å². The van der Waals surface area contributed by atoms with Crippen molar-refractivity contribution >= 4 is 28.4 Å². The number of nitrogens with zero attached hydrogens (tertiary/aromatic N) is 3. The van der Waals surface area contributed by atoms with E-state index in [-0.39, 0.29) is 18.4 Å². The molecule has 0 aliphatic carbocycles. The molecule has 28 heavy (non-hydrogen) atoms. The fourth-order valence-electron chi connectivity index (χ4n) is 2.66. The van der Waals surface area contributed by atoms with Crippen molar-refractivity contribution in [3.63, 3.8) is 0 Å². The third-order valence-corrected chi connectivity index (χ3v) is 5.02. The summed E-state index contributed by atoms with van der Waals surface area (Å²) in [7, 11) is 0. The van der Waals surface area contributed by atoms with Crippen LogP contribution in [0.3, 0.4) is 0 Å². The van der Waals surface area contributed by atoms with Crippen LogP contribution in [0.1, 0.15) is 45.1 Å². The van der Waals surface area contributed by atoms with E-state index in [1.54, 1.807) is 4.90 Å². The normalized spacial score (nSPS) is 10.5. The fraction of sp³-hybridized carbons (Fsp3) is 0.500. The Kier molecular flexibility index (Phi) is 8.87. The van der Waals surface area contributed by atoms with Crippen LogP contribution in [-0.4, -0.2) is 46.7 Å². The van der Waals surface area contributed by atoms with E-state index in [0.717, 1.165) is 35.4 Å². The molecule has 0 spiro atoms. The van der Waals surface area contributed by atoms with Gasteiger partial charge in [-0.2, -0.15) is 0 Å². The molecule has 1 aromatic heterocycles. The van der Waals surface area contributed by atoms with Crippen LogP contribution in [0.4, 0.5) is 9.93 Å². The SMILES string of the molecule is CCCCNC(=O)N(CCC)CCC(=O)Nc1nnc(-c2cccc(C)c2)s1. The summed E-state index contributed by atoms with van der Waals surface area (Å²) in [5.74, 6) is -0.172. The Morgan fingerprint density at radius 2 is 1.96 bits per heavy atom. The number of nitrogens with one attached hydrogen (secondary N) is 2. The van der Waals surface area contributed by atoms with E-state index in [0.29, 0.717) is 24.8 Å². The zero-order valence-electron chi connectivity index (χ0n) is 16.8. The highest BCUT2D eigenvalue weighted by Crippen LogP contribution is 2.26. The predicted octanol–water partition coefficient (Wildman–Crippen LogP) is 4.06. The summed E-state index contributed by atoms with van der Waals surface area (Å²) in [6.45, 7) is 7.78. The van der Waals surface area contributed by atoms with Gasteiger partial charge in [0.25, 0.3) is 0 Å². The minimum atomic E-state index is -0.172. The first-order valence-corrected chi connectivity index (χ1v) is 10.6. The molecule has 0 bridgehead atoms. The van der Waals surface area contributed by atoms with Gasteiger partial charge in [-0.25, -0.2) is 4.79 Å². The zero-order valence-corrected chi connectivity index (χ0v) is 17.6. The first-order chi connectivity index (χ1) is 13.5. The summed E-state index contributed by atoms with van der Waals surface area (Å²) in [5.41, 5.74) is 2.13. The van der Waals surface area contributed by atoms with Gasteiger partial charge in [0.2, 0.25) is 11.0 Å². The lowest BCUT2D eigenvalue weighted by atomic mass is 10.1. The molecule has 3 amide bonds. The van der Waals surface area contributed by atoms with Crippen LogP contribution in [0, 0.1) is 6.92 Å². The first-order valence-electron chi connectivity index (χ1n) is 9.76. The first kappa shape index (κ1) is 21.8. The number of aryl methyl sites for hydroxylation is 1. The predicted molar refractivity (Wildman–Crippen MR) is 113 cm³/mol. The molecule has 2 rings (SSSR count). The molecule has 1 heterocycles. The molecule has 1 aromatic carbocycles. The second-order valence-electron chi connectivity index (χ2n) is 6.65. The molecule has 0 unspecified atom stereocenters. The Morgan fingerprint density at radius 1 is 1.14 bits per heavy atom. The molecule has 0 aliphatic rings. The second kappa shape index (κ2) is 11.4. The topological polar surface area (TPSA) is 87.2 Å². The van der Waals surface area contributed by atoms with Crippen molar-refractivity contribution in [3.05, 3.63) is 29.8 Å². The largest absolute Gasteiger partial charge is 0.338 e. The second-order valence-corrected chi connectivity index (χ2v) is 7.63. The van der Waals surface area contributed by atoms with Crippen LogP contribution >= 0.6 is 11.3 Å². The van der Waals surface area contributed by atoms with Crippen LogP contribution in [0.25, 0.3) is 10.6 Å². The van der Waals surface area contributed by atoms with Gasteiger partial charge in [0.1, 0.15) is 5.01 Å². The van der Waals surface area contributed by atoms with Gasteiger partial charge in [0, 0.05) is 31.6 Å². The van der Waals surface area contributed by atoms with E-state index in [2.05, 4.69) is 27.8 Å². The fourth-order valence-corrected chi connectivity index (χ4v) is 3.41. The number of anilines is 1. The molecule has 0 atom stereocenters. The average Bonchev–Trinajstić information content (AvgIpc) is 3.13. The lowest BCUT2D eigenvalue weighted by molar-refractivity contribution is -0.116. The molecule has 2 aromatic rings. The third-order valence-electron chi connectivity index (χ3n) is 4.13. The Bertz CT molecular complexity index is 777. The lowest BCUT2D eigenvalue weighted by Gasteiger charge is -2.22. The van der Waals surface area contributed by atoms with E-state index >= 15 is 0 Å². The third kappa shape index (κ3) is 6.92. The number of rotatable bonds is 10. The van der Waals surface area contributed by atoms with Crippen LogP contribution < -0.4 is 10.6 Å². The Balaban J connectivity index is 1.86. The highest BCUT2D eigenvalue weighted by molar-refractivity contribution is 7.18. The molecule has 2 N–H and O–H groups in total. The van der Waals surface area contributed by atoms with E-state index in [1.165, 1.54) is 11.3 Å². The standard InChI is InChI=1S/C20H29N5O2S/c1-4-6-11-21-20(27)25(12-5-2)13-10-17(26)22-19-24-23-18(28-19)16-9-7-8-15(3)14-16/h7-9,14H,4-6,10-13H2,1-3H3,(H,21,27)(H,22,24,26). The van der Waals surface area contributed by atoms with Crippen molar-refractivity contribution in [3.8, 4) is 10.6 Å². The van der Waals surface area contributed by atoms with Crippen molar-refractivity contribution in [2.24, 2.45) is 0 Å². The smallest absolute Gasteiger partial charge is 0.317 e. The maximum Gasteiger partial charge on any atom is 0.317 e. The molecule has 152 valence electrons. The van der Waals surface area contributed by atoms with Crippen LogP contribution in [-0.2, 0) is 4.79 Å². The van der Waals surface area contributed by atoms with Gasteiger partial charge in [-0.05, 0) is 25.8 Å². The van der Waals surface area contributed by atoms with Crippen molar-refractivity contribution < 1.29 is 9.59 Å². The van der Waals surface area contributed by atoms with Crippen molar-refractivity contribution in [2.45, 2.75) is 46.5 Å². The summed E-state index contributed by atoms with van der Waals surface area (Å²) in [4.78, 5) is 26.2. The quantitative estimate of drug-likeness (QED) is 0.586. The summed E-state index contributed by atoms with van der Waals surface area (Å²) in [6, 6.07) is 7.89. The number of carbonyl (C=O) groups is 2. The molecule has 0 fully saturated rings.